The molecule has 3 amide bonds. The monoisotopic (exact) mass is 403 g/mol. The number of nitrogens with zero attached hydrogens (tertiary/aromatic N) is 3. The number of nitrogens with one attached hydrogen (secondary N) is 2. The number of methoxy groups -OCH3 is 1. The third-order valence-electron chi connectivity index (χ3n) is 3.68. The first kappa shape index (κ1) is 21.5. The standard InChI is InChI=1S/C19H25N5O3S/c1-6-11-24-16(14-7-9-15(27-5)10-8-14)22-23-19(24)28-13(4)17(25)21-18(26)20-12(2)3/h6-10,12-13H,1,11H2,2-5H3,(H2,20,21,25,26)/t13-/m1/s1. The molecule has 9 heteroatoms. The number of hydrogen-bond donors (Lipinski definition) is 2. The van der Waals surface area contributed by atoms with Crippen molar-refractivity contribution in [3.8, 4) is 17.1 Å². The molecule has 0 fully saturated rings. The molecular weight excluding hydrogens is 378 g/mol. The molecule has 2 rings (SSSR count). The molecule has 0 saturated carbocycles. The lowest BCUT2D eigenvalue weighted by Crippen LogP contribution is -2.45. The van der Waals surface area contributed by atoms with Gasteiger partial charge in [-0.3, -0.25) is 14.7 Å². The van der Waals surface area contributed by atoms with Crippen LogP contribution < -0.4 is 15.4 Å². The molecule has 150 valence electrons. The SMILES string of the molecule is C=CCn1c(S[C@H](C)C(=O)NC(=O)NC(C)C)nnc1-c1ccc(OC)cc1. The fourth-order valence-electron chi connectivity index (χ4n) is 2.35. The van der Waals surface area contributed by atoms with Gasteiger partial charge in [0.25, 0.3) is 0 Å². The van der Waals surface area contributed by atoms with Crippen molar-refractivity contribution in [2.45, 2.75) is 43.8 Å². The van der Waals surface area contributed by atoms with Crippen molar-refractivity contribution >= 4 is 23.7 Å². The molecule has 1 aromatic heterocycles. The number of carbonyl (C=O) groups is 2. The van der Waals surface area contributed by atoms with E-state index in [2.05, 4.69) is 27.4 Å². The first-order valence-corrected chi connectivity index (χ1v) is 9.70. The normalized spacial score (nSPS) is 11.8. The highest BCUT2D eigenvalue weighted by atomic mass is 32.2. The Morgan fingerprint density at radius 3 is 2.50 bits per heavy atom. The molecule has 0 saturated heterocycles. The van der Waals surface area contributed by atoms with Crippen LogP contribution in [0.3, 0.4) is 0 Å². The van der Waals surface area contributed by atoms with Crippen LogP contribution in [0.2, 0.25) is 0 Å². The van der Waals surface area contributed by atoms with E-state index in [0.717, 1.165) is 11.3 Å². The van der Waals surface area contributed by atoms with Crippen LogP contribution in [0.15, 0.2) is 42.1 Å². The summed E-state index contributed by atoms with van der Waals surface area (Å²) in [6, 6.07) is 6.90. The summed E-state index contributed by atoms with van der Waals surface area (Å²) in [6.07, 6.45) is 1.74. The smallest absolute Gasteiger partial charge is 0.321 e. The Bertz CT molecular complexity index is 833. The number of allylic oxidation sites excluding steroid dienone is 1. The number of urea groups is 1. The van der Waals surface area contributed by atoms with Crippen LogP contribution in [0, 0.1) is 0 Å². The number of amides is 3. The van der Waals surface area contributed by atoms with Crippen LogP contribution in [0.5, 0.6) is 5.75 Å². The predicted octanol–water partition coefficient (Wildman–Crippen LogP) is 2.85. The topological polar surface area (TPSA) is 98.1 Å². The highest BCUT2D eigenvalue weighted by Crippen LogP contribution is 2.28. The largest absolute Gasteiger partial charge is 0.497 e. The Balaban J connectivity index is 2.16. The van der Waals surface area contributed by atoms with Gasteiger partial charge in [0.1, 0.15) is 5.75 Å². The minimum Gasteiger partial charge on any atom is -0.497 e. The van der Waals surface area contributed by atoms with Crippen LogP contribution in [-0.2, 0) is 11.3 Å². The summed E-state index contributed by atoms with van der Waals surface area (Å²) in [5.74, 6) is 1.01. The summed E-state index contributed by atoms with van der Waals surface area (Å²) in [7, 11) is 1.61. The molecule has 2 aromatic rings. The third-order valence-corrected chi connectivity index (χ3v) is 4.77. The number of rotatable bonds is 8. The molecule has 0 aliphatic carbocycles. The minimum atomic E-state index is -0.533. The van der Waals surface area contributed by atoms with Crippen LogP contribution in [0.1, 0.15) is 20.8 Å². The number of aromatic nitrogens is 3. The van der Waals surface area contributed by atoms with Gasteiger partial charge in [0.05, 0.1) is 12.4 Å². The van der Waals surface area contributed by atoms with Gasteiger partial charge in [-0.25, -0.2) is 4.79 Å². The molecule has 0 radical (unpaired) electrons. The molecule has 0 unspecified atom stereocenters. The van der Waals surface area contributed by atoms with Crippen LogP contribution in [0.4, 0.5) is 4.79 Å². The Morgan fingerprint density at radius 1 is 1.25 bits per heavy atom. The molecule has 8 nitrogen and oxygen atoms in total. The van der Waals surface area contributed by atoms with Gasteiger partial charge in [-0.15, -0.1) is 16.8 Å². The number of thioether (sulfide) groups is 1. The quantitative estimate of drug-likeness (QED) is 0.520. The number of imide groups is 1. The lowest BCUT2D eigenvalue weighted by Gasteiger charge is -2.14. The van der Waals surface area contributed by atoms with Gasteiger partial charge in [0.15, 0.2) is 11.0 Å². The average Bonchev–Trinajstić information content (AvgIpc) is 3.03. The van der Waals surface area contributed by atoms with E-state index in [-0.39, 0.29) is 6.04 Å². The fourth-order valence-corrected chi connectivity index (χ4v) is 3.21. The van der Waals surface area contributed by atoms with E-state index in [4.69, 9.17) is 4.74 Å². The molecule has 0 aliphatic heterocycles. The zero-order chi connectivity index (χ0) is 20.7. The molecule has 0 spiro atoms. The van der Waals surface area contributed by atoms with Crippen LogP contribution in [-0.4, -0.2) is 45.1 Å². The maximum Gasteiger partial charge on any atom is 0.321 e. The van der Waals surface area contributed by atoms with Crippen LogP contribution >= 0.6 is 11.8 Å². The maximum atomic E-state index is 12.3. The van der Waals surface area contributed by atoms with E-state index in [1.807, 2.05) is 42.7 Å². The Kier molecular flexibility index (Phi) is 7.62. The fraction of sp³-hybridized carbons (Fsp3) is 0.368. The summed E-state index contributed by atoms with van der Waals surface area (Å²) in [5.41, 5.74) is 0.871. The van der Waals surface area contributed by atoms with Gasteiger partial charge < -0.3 is 10.1 Å². The van der Waals surface area contributed by atoms with Crippen molar-refractivity contribution in [3.05, 3.63) is 36.9 Å². The summed E-state index contributed by atoms with van der Waals surface area (Å²) < 4.78 is 7.05. The first-order valence-electron chi connectivity index (χ1n) is 8.82. The molecule has 0 bridgehead atoms. The summed E-state index contributed by atoms with van der Waals surface area (Å²) >= 11 is 1.23. The number of benzene rings is 1. The average molecular weight is 404 g/mol. The molecule has 1 aromatic carbocycles. The van der Waals surface area contributed by atoms with E-state index in [1.165, 1.54) is 11.8 Å². The second-order valence-electron chi connectivity index (χ2n) is 6.31. The van der Waals surface area contributed by atoms with E-state index < -0.39 is 17.2 Å². The molecule has 1 atom stereocenters. The van der Waals surface area contributed by atoms with E-state index in [9.17, 15) is 9.59 Å². The van der Waals surface area contributed by atoms with Gasteiger partial charge in [0.2, 0.25) is 5.91 Å². The van der Waals surface area contributed by atoms with E-state index in [0.29, 0.717) is 17.5 Å². The highest BCUT2D eigenvalue weighted by Gasteiger charge is 2.22. The predicted molar refractivity (Wildman–Crippen MR) is 109 cm³/mol. The lowest BCUT2D eigenvalue weighted by molar-refractivity contribution is -0.119. The summed E-state index contributed by atoms with van der Waals surface area (Å²) in [6.45, 7) is 9.62. The Labute approximate surface area is 168 Å². The van der Waals surface area contributed by atoms with Gasteiger partial charge in [-0.2, -0.15) is 0 Å². The zero-order valence-corrected chi connectivity index (χ0v) is 17.2. The highest BCUT2D eigenvalue weighted by molar-refractivity contribution is 8.00. The third kappa shape index (κ3) is 5.59. The van der Waals surface area contributed by atoms with E-state index in [1.54, 1.807) is 20.1 Å². The number of hydrogen-bond acceptors (Lipinski definition) is 6. The summed E-state index contributed by atoms with van der Waals surface area (Å²) in [5, 5.41) is 13.5. The second kappa shape index (κ2) is 9.93. The molecule has 1 heterocycles. The van der Waals surface area contributed by atoms with Crippen LogP contribution in [0.25, 0.3) is 11.4 Å². The van der Waals surface area contributed by atoms with Gasteiger partial charge in [0, 0.05) is 18.2 Å². The van der Waals surface area contributed by atoms with Crippen molar-refractivity contribution in [3.63, 3.8) is 0 Å². The minimum absolute atomic E-state index is 0.0569. The van der Waals surface area contributed by atoms with Gasteiger partial charge >= 0.3 is 6.03 Å². The number of ether oxygens (including phenoxy) is 1. The van der Waals surface area contributed by atoms with Gasteiger partial charge in [-0.1, -0.05) is 17.8 Å². The van der Waals surface area contributed by atoms with Crippen molar-refractivity contribution in [2.24, 2.45) is 0 Å². The lowest BCUT2D eigenvalue weighted by atomic mass is 10.2. The first-order chi connectivity index (χ1) is 13.3. The summed E-state index contributed by atoms with van der Waals surface area (Å²) in [4.78, 5) is 24.0. The van der Waals surface area contributed by atoms with Crippen molar-refractivity contribution in [1.82, 2.24) is 25.4 Å². The molecule has 28 heavy (non-hydrogen) atoms. The number of carbonyl (C=O) groups excluding carboxylic acids is 2. The molecule has 2 N–H and O–H groups in total. The molecular formula is C19H25N5O3S. The van der Waals surface area contributed by atoms with E-state index >= 15 is 0 Å². The Hall–Kier alpha value is -2.81. The van der Waals surface area contributed by atoms with Gasteiger partial charge in [-0.05, 0) is 45.0 Å². The van der Waals surface area contributed by atoms with Crippen molar-refractivity contribution in [1.29, 1.82) is 0 Å². The maximum absolute atomic E-state index is 12.3. The zero-order valence-electron chi connectivity index (χ0n) is 16.4. The second-order valence-corrected chi connectivity index (χ2v) is 7.62. The van der Waals surface area contributed by atoms with Crippen molar-refractivity contribution < 1.29 is 14.3 Å². The van der Waals surface area contributed by atoms with Crippen molar-refractivity contribution in [2.75, 3.05) is 7.11 Å². The Morgan fingerprint density at radius 2 is 1.93 bits per heavy atom. The molecule has 0 aliphatic rings.